The van der Waals surface area contributed by atoms with Crippen molar-refractivity contribution in [1.29, 1.82) is 0 Å². The molecule has 28 heavy (non-hydrogen) atoms. The van der Waals surface area contributed by atoms with Crippen molar-refractivity contribution >= 4 is 34.4 Å². The Balaban J connectivity index is 1.51. The molecule has 2 aromatic carbocycles. The summed E-state index contributed by atoms with van der Waals surface area (Å²) in [6, 6.07) is 15.8. The topological polar surface area (TPSA) is 52.7 Å². The van der Waals surface area contributed by atoms with Crippen LogP contribution in [0, 0.1) is 10.5 Å². The maximum absolute atomic E-state index is 12.9. The number of aryl methyl sites for hydroxylation is 1. The first-order chi connectivity index (χ1) is 13.5. The standard InChI is InChI=1S/C22H26IN3O2/c1-17-7-5-10-19(21(17)23)22(28)26-12-6-11-25(13-14-26)16-20(27)24-15-18-8-3-2-4-9-18/h2-5,7-10H,6,11-16H2,1H3,(H,24,27). The van der Waals surface area contributed by atoms with E-state index in [1.807, 2.05) is 60.4 Å². The van der Waals surface area contributed by atoms with Gasteiger partial charge < -0.3 is 10.2 Å². The van der Waals surface area contributed by atoms with E-state index >= 15 is 0 Å². The highest BCUT2D eigenvalue weighted by Crippen LogP contribution is 2.19. The Morgan fingerprint density at radius 1 is 1.00 bits per heavy atom. The molecular formula is C22H26IN3O2. The molecule has 2 amide bonds. The molecule has 0 spiro atoms. The van der Waals surface area contributed by atoms with Gasteiger partial charge in [-0.25, -0.2) is 0 Å². The van der Waals surface area contributed by atoms with Gasteiger partial charge in [0.25, 0.3) is 5.91 Å². The van der Waals surface area contributed by atoms with Gasteiger partial charge in [-0.1, -0.05) is 42.5 Å². The zero-order valence-electron chi connectivity index (χ0n) is 16.2. The van der Waals surface area contributed by atoms with Crippen molar-refractivity contribution in [3.8, 4) is 0 Å². The van der Waals surface area contributed by atoms with Gasteiger partial charge >= 0.3 is 0 Å². The van der Waals surface area contributed by atoms with Crippen LogP contribution >= 0.6 is 22.6 Å². The molecule has 0 unspecified atom stereocenters. The maximum atomic E-state index is 12.9. The van der Waals surface area contributed by atoms with Gasteiger partial charge in [-0.2, -0.15) is 0 Å². The van der Waals surface area contributed by atoms with Crippen molar-refractivity contribution in [3.05, 3.63) is 68.8 Å². The normalized spacial score (nSPS) is 15.1. The van der Waals surface area contributed by atoms with E-state index < -0.39 is 0 Å². The van der Waals surface area contributed by atoms with Crippen molar-refractivity contribution in [2.24, 2.45) is 0 Å². The van der Waals surface area contributed by atoms with E-state index in [1.165, 1.54) is 0 Å². The van der Waals surface area contributed by atoms with Crippen LogP contribution in [0.1, 0.15) is 27.9 Å². The zero-order valence-corrected chi connectivity index (χ0v) is 18.3. The molecule has 1 fully saturated rings. The lowest BCUT2D eigenvalue weighted by Crippen LogP contribution is -2.40. The van der Waals surface area contributed by atoms with Crippen LogP contribution in [0.2, 0.25) is 0 Å². The van der Waals surface area contributed by atoms with Crippen molar-refractivity contribution in [3.63, 3.8) is 0 Å². The molecule has 0 aromatic heterocycles. The fraction of sp³-hybridized carbons (Fsp3) is 0.364. The van der Waals surface area contributed by atoms with Crippen LogP contribution in [0.3, 0.4) is 0 Å². The van der Waals surface area contributed by atoms with Crippen LogP contribution in [-0.2, 0) is 11.3 Å². The van der Waals surface area contributed by atoms with Crippen molar-refractivity contribution in [2.75, 3.05) is 32.7 Å². The molecule has 5 nitrogen and oxygen atoms in total. The van der Waals surface area contributed by atoms with Gasteiger partial charge in [0.1, 0.15) is 0 Å². The second-order valence-corrected chi connectivity index (χ2v) is 8.20. The molecule has 2 aromatic rings. The zero-order chi connectivity index (χ0) is 19.9. The van der Waals surface area contributed by atoms with Crippen molar-refractivity contribution in [1.82, 2.24) is 15.1 Å². The largest absolute Gasteiger partial charge is 0.351 e. The van der Waals surface area contributed by atoms with E-state index in [1.54, 1.807) is 0 Å². The summed E-state index contributed by atoms with van der Waals surface area (Å²) in [5.41, 5.74) is 2.99. The molecule has 148 valence electrons. The molecule has 3 rings (SSSR count). The predicted molar refractivity (Wildman–Crippen MR) is 119 cm³/mol. The van der Waals surface area contributed by atoms with Gasteiger partial charge in [0.15, 0.2) is 0 Å². The average Bonchev–Trinajstić information content (AvgIpc) is 2.94. The van der Waals surface area contributed by atoms with E-state index in [0.717, 1.165) is 39.8 Å². The summed E-state index contributed by atoms with van der Waals surface area (Å²) >= 11 is 2.25. The van der Waals surface area contributed by atoms with Crippen molar-refractivity contribution < 1.29 is 9.59 Å². The highest BCUT2D eigenvalue weighted by atomic mass is 127. The number of hydrogen-bond acceptors (Lipinski definition) is 3. The first kappa shape index (κ1) is 20.8. The Kier molecular flexibility index (Phi) is 7.44. The number of nitrogens with one attached hydrogen (secondary N) is 1. The highest BCUT2D eigenvalue weighted by molar-refractivity contribution is 14.1. The van der Waals surface area contributed by atoms with E-state index in [0.29, 0.717) is 26.2 Å². The van der Waals surface area contributed by atoms with Gasteiger partial charge in [-0.05, 0) is 53.1 Å². The smallest absolute Gasteiger partial charge is 0.254 e. The van der Waals surface area contributed by atoms with E-state index in [-0.39, 0.29) is 11.8 Å². The number of carbonyl (C=O) groups is 2. The summed E-state index contributed by atoms with van der Waals surface area (Å²) < 4.78 is 1.02. The number of hydrogen-bond donors (Lipinski definition) is 1. The number of carbonyl (C=O) groups excluding carboxylic acids is 2. The van der Waals surface area contributed by atoms with Gasteiger partial charge in [-0.15, -0.1) is 0 Å². The van der Waals surface area contributed by atoms with E-state index in [4.69, 9.17) is 0 Å². The molecule has 1 N–H and O–H groups in total. The van der Waals surface area contributed by atoms with Crippen LogP contribution in [0.25, 0.3) is 0 Å². The van der Waals surface area contributed by atoms with E-state index in [2.05, 4.69) is 32.8 Å². The molecule has 0 radical (unpaired) electrons. The highest BCUT2D eigenvalue weighted by Gasteiger charge is 2.23. The lowest BCUT2D eigenvalue weighted by atomic mass is 10.1. The lowest BCUT2D eigenvalue weighted by molar-refractivity contribution is -0.122. The van der Waals surface area contributed by atoms with Crippen LogP contribution in [0.15, 0.2) is 48.5 Å². The summed E-state index contributed by atoms with van der Waals surface area (Å²) in [4.78, 5) is 29.3. The van der Waals surface area contributed by atoms with Crippen LogP contribution < -0.4 is 5.32 Å². The number of benzene rings is 2. The summed E-state index contributed by atoms with van der Waals surface area (Å²) in [6.07, 6.45) is 0.875. The molecule has 1 heterocycles. The summed E-state index contributed by atoms with van der Waals surface area (Å²) in [5, 5.41) is 2.98. The first-order valence-electron chi connectivity index (χ1n) is 9.62. The van der Waals surface area contributed by atoms with Gasteiger partial charge in [0.2, 0.25) is 5.91 Å². The Morgan fingerprint density at radius 3 is 2.57 bits per heavy atom. The third-order valence-electron chi connectivity index (χ3n) is 5.00. The quantitative estimate of drug-likeness (QED) is 0.655. The average molecular weight is 491 g/mol. The number of amides is 2. The second-order valence-electron chi connectivity index (χ2n) is 7.12. The fourth-order valence-corrected chi connectivity index (χ4v) is 3.96. The van der Waals surface area contributed by atoms with Crippen LogP contribution in [0.4, 0.5) is 0 Å². The number of rotatable bonds is 5. The fourth-order valence-electron chi connectivity index (χ4n) is 3.37. The minimum absolute atomic E-state index is 0.0249. The Labute approximate surface area is 180 Å². The summed E-state index contributed by atoms with van der Waals surface area (Å²) in [5.74, 6) is 0.111. The molecule has 0 atom stereocenters. The van der Waals surface area contributed by atoms with Gasteiger partial charge in [-0.3, -0.25) is 14.5 Å². The van der Waals surface area contributed by atoms with Crippen molar-refractivity contribution in [2.45, 2.75) is 19.9 Å². The molecule has 0 saturated carbocycles. The predicted octanol–water partition coefficient (Wildman–Crippen LogP) is 3.06. The second kappa shape index (κ2) is 10.0. The lowest BCUT2D eigenvalue weighted by Gasteiger charge is -2.22. The number of nitrogens with zero attached hydrogens (tertiary/aromatic N) is 2. The molecule has 1 aliphatic heterocycles. The minimum atomic E-state index is 0.0249. The third kappa shape index (κ3) is 5.54. The molecule has 0 aliphatic carbocycles. The Bertz CT molecular complexity index is 826. The summed E-state index contributed by atoms with van der Waals surface area (Å²) in [6.45, 7) is 5.86. The first-order valence-corrected chi connectivity index (χ1v) is 10.7. The Hall–Kier alpha value is -1.93. The van der Waals surface area contributed by atoms with Gasteiger partial charge in [0, 0.05) is 36.3 Å². The molecule has 1 saturated heterocycles. The Morgan fingerprint density at radius 2 is 1.79 bits per heavy atom. The third-order valence-corrected chi connectivity index (χ3v) is 6.43. The molecule has 6 heteroatoms. The summed E-state index contributed by atoms with van der Waals surface area (Å²) in [7, 11) is 0. The van der Waals surface area contributed by atoms with Crippen LogP contribution in [-0.4, -0.2) is 54.3 Å². The van der Waals surface area contributed by atoms with Gasteiger partial charge in [0.05, 0.1) is 12.1 Å². The SMILES string of the molecule is Cc1cccc(C(=O)N2CCCN(CC(=O)NCc3ccccc3)CC2)c1I. The molecule has 1 aliphatic rings. The van der Waals surface area contributed by atoms with E-state index in [9.17, 15) is 9.59 Å². The van der Waals surface area contributed by atoms with Crippen LogP contribution in [0.5, 0.6) is 0 Å². The monoisotopic (exact) mass is 491 g/mol. The number of halogens is 1. The minimum Gasteiger partial charge on any atom is -0.351 e. The molecule has 0 bridgehead atoms. The maximum Gasteiger partial charge on any atom is 0.254 e. The molecular weight excluding hydrogens is 465 g/mol.